The Morgan fingerprint density at radius 3 is 1.25 bits per heavy atom. The average Bonchev–Trinajstić information content (AvgIpc) is 2.58. The molecule has 0 saturated heterocycles. The molecule has 0 rings (SSSR count). The Kier molecular flexibility index (Phi) is 16.8. The van der Waals surface area contributed by atoms with Crippen LogP contribution in [0.5, 0.6) is 0 Å². The van der Waals surface area contributed by atoms with E-state index in [1.807, 2.05) is 13.8 Å². The van der Waals surface area contributed by atoms with Crippen LogP contribution in [0, 0.1) is 0 Å². The highest BCUT2D eigenvalue weighted by atomic mass is 28.4. The lowest BCUT2D eigenvalue weighted by Crippen LogP contribution is -2.45. The first-order chi connectivity index (χ1) is 13.2. The SMILES string of the molecule is CCCCCCCCCCCCCCCCCCC(CC(C)(C)N)[Si](O)(O)O. The third kappa shape index (κ3) is 19.4. The highest BCUT2D eigenvalue weighted by Gasteiger charge is 2.40. The van der Waals surface area contributed by atoms with Gasteiger partial charge in [-0.05, 0) is 26.7 Å². The highest BCUT2D eigenvalue weighted by molar-refractivity contribution is 6.58. The molecular formula is C23H51NO3Si. The predicted octanol–water partition coefficient (Wildman–Crippen LogP) is 6.05. The van der Waals surface area contributed by atoms with E-state index in [4.69, 9.17) is 5.73 Å². The Bertz CT molecular complexity index is 340. The van der Waals surface area contributed by atoms with Crippen LogP contribution in [0.3, 0.4) is 0 Å². The quantitative estimate of drug-likeness (QED) is 0.143. The van der Waals surface area contributed by atoms with Crippen LogP contribution >= 0.6 is 0 Å². The van der Waals surface area contributed by atoms with Crippen molar-refractivity contribution in [3.63, 3.8) is 0 Å². The Morgan fingerprint density at radius 2 is 0.964 bits per heavy atom. The normalized spacial score (nSPS) is 13.8. The van der Waals surface area contributed by atoms with Crippen molar-refractivity contribution in [3.05, 3.63) is 0 Å². The van der Waals surface area contributed by atoms with Crippen molar-refractivity contribution in [3.8, 4) is 0 Å². The summed E-state index contributed by atoms with van der Waals surface area (Å²) >= 11 is 0. The molecule has 0 aromatic rings. The monoisotopic (exact) mass is 417 g/mol. The van der Waals surface area contributed by atoms with E-state index in [0.29, 0.717) is 12.8 Å². The fourth-order valence-electron chi connectivity index (χ4n) is 4.01. The lowest BCUT2D eigenvalue weighted by molar-refractivity contribution is 0.195. The predicted molar refractivity (Wildman–Crippen MR) is 123 cm³/mol. The number of hydrogen-bond acceptors (Lipinski definition) is 4. The minimum atomic E-state index is -4.09. The zero-order valence-corrected chi connectivity index (χ0v) is 20.2. The van der Waals surface area contributed by atoms with Crippen LogP contribution in [-0.2, 0) is 0 Å². The van der Waals surface area contributed by atoms with Gasteiger partial charge in [-0.25, -0.2) is 0 Å². The maximum atomic E-state index is 9.66. The summed E-state index contributed by atoms with van der Waals surface area (Å²) in [6.07, 6.45) is 22.3. The molecule has 0 radical (unpaired) electrons. The summed E-state index contributed by atoms with van der Waals surface area (Å²) < 4.78 is 0. The molecule has 0 aromatic carbocycles. The summed E-state index contributed by atoms with van der Waals surface area (Å²) in [5.41, 5.74) is 5.06. The van der Waals surface area contributed by atoms with Crippen molar-refractivity contribution in [2.24, 2.45) is 5.73 Å². The number of nitrogens with two attached hydrogens (primary N) is 1. The summed E-state index contributed by atoms with van der Waals surface area (Å²) in [5.74, 6) is 0. The van der Waals surface area contributed by atoms with Crippen LogP contribution in [0.2, 0.25) is 5.54 Å². The maximum absolute atomic E-state index is 9.66. The fourth-order valence-corrected chi connectivity index (χ4v) is 5.40. The number of hydrogen-bond donors (Lipinski definition) is 4. The first-order valence-electron chi connectivity index (χ1n) is 12.1. The fraction of sp³-hybridized carbons (Fsp3) is 1.00. The molecule has 1 atom stereocenters. The van der Waals surface area contributed by atoms with E-state index in [1.54, 1.807) is 0 Å². The molecule has 170 valence electrons. The molecule has 4 nitrogen and oxygen atoms in total. The van der Waals surface area contributed by atoms with Gasteiger partial charge in [0, 0.05) is 11.1 Å². The molecule has 5 heteroatoms. The second-order valence-electron chi connectivity index (χ2n) is 9.67. The lowest BCUT2D eigenvalue weighted by atomic mass is 9.96. The number of unbranched alkanes of at least 4 members (excludes halogenated alkanes) is 15. The summed E-state index contributed by atoms with van der Waals surface area (Å²) in [4.78, 5) is 29.0. The molecule has 1 unspecified atom stereocenters. The van der Waals surface area contributed by atoms with E-state index < -0.39 is 19.9 Å². The molecule has 0 heterocycles. The summed E-state index contributed by atoms with van der Waals surface area (Å²) in [6, 6.07) is 0. The van der Waals surface area contributed by atoms with E-state index in [-0.39, 0.29) is 0 Å². The van der Waals surface area contributed by atoms with Crippen LogP contribution in [0.1, 0.15) is 136 Å². The van der Waals surface area contributed by atoms with Gasteiger partial charge < -0.3 is 20.1 Å². The lowest BCUT2D eigenvalue weighted by Gasteiger charge is -2.29. The molecule has 0 aliphatic rings. The van der Waals surface area contributed by atoms with Gasteiger partial charge in [0.15, 0.2) is 0 Å². The average molecular weight is 418 g/mol. The molecule has 0 saturated carbocycles. The Balaban J connectivity index is 3.45. The van der Waals surface area contributed by atoms with E-state index in [1.165, 1.54) is 89.9 Å². The summed E-state index contributed by atoms with van der Waals surface area (Å²) in [7, 11) is -4.09. The third-order valence-corrected chi connectivity index (χ3v) is 7.31. The van der Waals surface area contributed by atoms with Crippen molar-refractivity contribution < 1.29 is 14.4 Å². The first kappa shape index (κ1) is 28.1. The topological polar surface area (TPSA) is 86.7 Å². The standard InChI is InChI=1S/C23H51NO3Si/c1-4-5-6-7-8-9-10-11-12-13-14-15-16-17-18-19-20-22(28(25,26)27)21-23(2,3)24/h22,25-27H,4-21,24H2,1-3H3. The molecule has 0 aliphatic heterocycles. The van der Waals surface area contributed by atoms with Crippen molar-refractivity contribution in [1.29, 1.82) is 0 Å². The molecular weight excluding hydrogens is 366 g/mol. The van der Waals surface area contributed by atoms with Crippen molar-refractivity contribution in [2.75, 3.05) is 0 Å². The summed E-state index contributed by atoms with van der Waals surface area (Å²) in [5, 5.41) is 0. The highest BCUT2D eigenvalue weighted by Crippen LogP contribution is 2.30. The second-order valence-corrected chi connectivity index (χ2v) is 11.9. The van der Waals surface area contributed by atoms with Gasteiger partial charge in [-0.2, -0.15) is 0 Å². The largest absolute Gasteiger partial charge is 0.496 e. The third-order valence-electron chi connectivity index (χ3n) is 5.73. The zero-order chi connectivity index (χ0) is 21.3. The Hall–Kier alpha value is 0.0569. The minimum Gasteiger partial charge on any atom is -0.390 e. The van der Waals surface area contributed by atoms with Crippen LogP contribution in [-0.4, -0.2) is 28.7 Å². The van der Waals surface area contributed by atoms with Gasteiger partial charge in [-0.3, -0.25) is 0 Å². The molecule has 0 spiro atoms. The van der Waals surface area contributed by atoms with E-state index in [9.17, 15) is 14.4 Å². The van der Waals surface area contributed by atoms with Crippen molar-refractivity contribution >= 4 is 8.80 Å². The zero-order valence-electron chi connectivity index (χ0n) is 19.2. The molecule has 0 aromatic heterocycles. The van der Waals surface area contributed by atoms with Gasteiger partial charge in [0.05, 0.1) is 0 Å². The molecule has 5 N–H and O–H groups in total. The van der Waals surface area contributed by atoms with Crippen LogP contribution in [0.25, 0.3) is 0 Å². The molecule has 0 fully saturated rings. The summed E-state index contributed by atoms with van der Waals surface area (Å²) in [6.45, 7) is 6.01. The Labute approximate surface area is 176 Å². The van der Waals surface area contributed by atoms with Gasteiger partial charge >= 0.3 is 8.80 Å². The maximum Gasteiger partial charge on any atom is 0.496 e. The van der Waals surface area contributed by atoms with E-state index >= 15 is 0 Å². The van der Waals surface area contributed by atoms with Crippen molar-refractivity contribution in [1.82, 2.24) is 0 Å². The van der Waals surface area contributed by atoms with Crippen LogP contribution in [0.4, 0.5) is 0 Å². The van der Waals surface area contributed by atoms with Gasteiger partial charge in [0.25, 0.3) is 0 Å². The van der Waals surface area contributed by atoms with Gasteiger partial charge in [0.1, 0.15) is 0 Å². The molecule has 28 heavy (non-hydrogen) atoms. The molecule has 0 amide bonds. The minimum absolute atomic E-state index is 0.445. The second kappa shape index (κ2) is 16.8. The van der Waals surface area contributed by atoms with Gasteiger partial charge in [0.2, 0.25) is 0 Å². The van der Waals surface area contributed by atoms with Gasteiger partial charge in [-0.1, -0.05) is 110 Å². The smallest absolute Gasteiger partial charge is 0.390 e. The molecule has 0 aliphatic carbocycles. The number of rotatable bonds is 20. The van der Waals surface area contributed by atoms with Crippen LogP contribution < -0.4 is 5.73 Å². The Morgan fingerprint density at radius 1 is 0.643 bits per heavy atom. The van der Waals surface area contributed by atoms with Gasteiger partial charge in [-0.15, -0.1) is 0 Å². The van der Waals surface area contributed by atoms with Crippen molar-refractivity contribution in [2.45, 2.75) is 147 Å². The molecule has 0 bridgehead atoms. The first-order valence-corrected chi connectivity index (χ1v) is 14.0. The van der Waals surface area contributed by atoms with E-state index in [0.717, 1.165) is 12.8 Å². The van der Waals surface area contributed by atoms with E-state index in [2.05, 4.69) is 6.92 Å². The van der Waals surface area contributed by atoms with Crippen LogP contribution in [0.15, 0.2) is 0 Å².